The molecule has 0 heterocycles. The molecule has 96 valence electrons. The lowest BCUT2D eigenvalue weighted by Crippen LogP contribution is -2.32. The predicted molar refractivity (Wildman–Crippen MR) is 62.5 cm³/mol. The average Bonchev–Trinajstić information content (AvgIpc) is 2.34. The minimum atomic E-state index is -0.701. The lowest BCUT2D eigenvalue weighted by atomic mass is 10.3. The number of hydrogen-bond donors (Lipinski definition) is 3. The van der Waals surface area contributed by atoms with E-state index in [4.69, 9.17) is 9.84 Å². The van der Waals surface area contributed by atoms with Crippen molar-refractivity contribution >= 4 is 0 Å². The van der Waals surface area contributed by atoms with Gasteiger partial charge in [0.05, 0.1) is 0 Å². The molecule has 1 aromatic rings. The Hall–Kier alpha value is -1.17. The Labute approximate surface area is 100 Å². The van der Waals surface area contributed by atoms with Gasteiger partial charge < -0.3 is 20.3 Å². The van der Waals surface area contributed by atoms with Crippen LogP contribution in [0.15, 0.2) is 24.3 Å². The minimum absolute atomic E-state index is 0.0348. The molecule has 0 fully saturated rings. The van der Waals surface area contributed by atoms with Crippen molar-refractivity contribution in [1.82, 2.24) is 5.32 Å². The first-order valence-electron chi connectivity index (χ1n) is 5.61. The van der Waals surface area contributed by atoms with Crippen LogP contribution in [0.3, 0.4) is 0 Å². The summed E-state index contributed by atoms with van der Waals surface area (Å²) in [4.78, 5) is 0. The summed E-state index contributed by atoms with van der Waals surface area (Å²) >= 11 is 0. The first-order chi connectivity index (χ1) is 8.24. The molecule has 0 amide bonds. The summed E-state index contributed by atoms with van der Waals surface area (Å²) in [7, 11) is 0. The number of nitrogens with one attached hydrogen (secondary N) is 1. The molecule has 0 aliphatic heterocycles. The van der Waals surface area contributed by atoms with Crippen LogP contribution in [0.1, 0.15) is 6.42 Å². The Morgan fingerprint density at radius 1 is 1.35 bits per heavy atom. The number of halogens is 1. The van der Waals surface area contributed by atoms with Gasteiger partial charge in [-0.2, -0.15) is 0 Å². The maximum Gasteiger partial charge on any atom is 0.165 e. The number of ether oxygens (including phenoxy) is 1. The molecule has 1 rings (SSSR count). The Morgan fingerprint density at radius 3 is 2.82 bits per heavy atom. The third-order valence-electron chi connectivity index (χ3n) is 2.16. The quantitative estimate of drug-likeness (QED) is 0.583. The summed E-state index contributed by atoms with van der Waals surface area (Å²) in [5.41, 5.74) is 0. The van der Waals surface area contributed by atoms with Crippen molar-refractivity contribution in [3.8, 4) is 5.75 Å². The van der Waals surface area contributed by atoms with E-state index in [0.717, 1.165) is 0 Å². The predicted octanol–water partition coefficient (Wildman–Crippen LogP) is 0.537. The third kappa shape index (κ3) is 5.63. The van der Waals surface area contributed by atoms with Gasteiger partial charge in [-0.3, -0.25) is 0 Å². The average molecular weight is 243 g/mol. The van der Waals surface area contributed by atoms with Gasteiger partial charge in [-0.25, -0.2) is 4.39 Å². The van der Waals surface area contributed by atoms with Crippen LogP contribution < -0.4 is 10.1 Å². The van der Waals surface area contributed by atoms with Crippen LogP contribution in [0.4, 0.5) is 4.39 Å². The van der Waals surface area contributed by atoms with Crippen molar-refractivity contribution in [3.63, 3.8) is 0 Å². The molecule has 0 aliphatic rings. The van der Waals surface area contributed by atoms with E-state index in [-0.39, 0.29) is 19.0 Å². The van der Waals surface area contributed by atoms with Crippen LogP contribution in [0, 0.1) is 5.82 Å². The number of aliphatic hydroxyl groups excluding tert-OH is 2. The van der Waals surface area contributed by atoms with Gasteiger partial charge in [0, 0.05) is 13.2 Å². The summed E-state index contributed by atoms with van der Waals surface area (Å²) in [6.45, 7) is 1.14. The highest BCUT2D eigenvalue weighted by molar-refractivity contribution is 5.23. The second-order valence-corrected chi connectivity index (χ2v) is 3.68. The number of rotatable bonds is 8. The molecule has 1 aromatic carbocycles. The minimum Gasteiger partial charge on any atom is -0.488 e. The van der Waals surface area contributed by atoms with Crippen LogP contribution in [-0.2, 0) is 0 Å². The second-order valence-electron chi connectivity index (χ2n) is 3.68. The number of benzene rings is 1. The molecule has 1 atom stereocenters. The highest BCUT2D eigenvalue weighted by atomic mass is 19.1. The van der Waals surface area contributed by atoms with E-state index < -0.39 is 11.9 Å². The third-order valence-corrected chi connectivity index (χ3v) is 2.16. The van der Waals surface area contributed by atoms with Crippen molar-refractivity contribution in [1.29, 1.82) is 0 Å². The molecule has 3 N–H and O–H groups in total. The molecule has 0 radical (unpaired) electrons. The molecular weight excluding hydrogens is 225 g/mol. The van der Waals surface area contributed by atoms with Crippen LogP contribution in [0.5, 0.6) is 5.75 Å². The molecule has 0 aromatic heterocycles. The Kier molecular flexibility index (Phi) is 6.54. The van der Waals surface area contributed by atoms with Gasteiger partial charge in [-0.15, -0.1) is 0 Å². The molecule has 4 nitrogen and oxygen atoms in total. The Bertz CT molecular complexity index is 322. The number of para-hydroxylation sites is 1. The largest absolute Gasteiger partial charge is 0.488 e. The number of hydrogen-bond acceptors (Lipinski definition) is 4. The summed E-state index contributed by atoms with van der Waals surface area (Å²) in [6, 6.07) is 6.07. The smallest absolute Gasteiger partial charge is 0.165 e. The van der Waals surface area contributed by atoms with Gasteiger partial charge in [0.25, 0.3) is 0 Å². The molecule has 0 aliphatic carbocycles. The van der Waals surface area contributed by atoms with E-state index in [1.807, 2.05) is 0 Å². The van der Waals surface area contributed by atoms with Crippen LogP contribution in [0.2, 0.25) is 0 Å². The van der Waals surface area contributed by atoms with Gasteiger partial charge in [0.2, 0.25) is 0 Å². The monoisotopic (exact) mass is 243 g/mol. The zero-order valence-electron chi connectivity index (χ0n) is 9.60. The van der Waals surface area contributed by atoms with Crippen molar-refractivity contribution in [2.24, 2.45) is 0 Å². The van der Waals surface area contributed by atoms with E-state index in [1.165, 1.54) is 12.1 Å². The topological polar surface area (TPSA) is 61.7 Å². The second kappa shape index (κ2) is 8.00. The van der Waals surface area contributed by atoms with E-state index >= 15 is 0 Å². The molecular formula is C12H18FNO3. The van der Waals surface area contributed by atoms with Gasteiger partial charge in [-0.05, 0) is 25.1 Å². The standard InChI is InChI=1S/C12H18FNO3/c13-11-4-1-2-5-12(11)17-9-10(16)8-14-6-3-7-15/h1-2,4-5,10,14-16H,3,6-9H2. The van der Waals surface area contributed by atoms with E-state index in [9.17, 15) is 9.50 Å². The SMILES string of the molecule is OCCCNCC(O)COc1ccccc1F. The summed E-state index contributed by atoms with van der Waals surface area (Å²) in [5, 5.41) is 21.0. The zero-order valence-corrected chi connectivity index (χ0v) is 9.60. The first kappa shape index (κ1) is 13.9. The zero-order chi connectivity index (χ0) is 12.5. The maximum atomic E-state index is 13.1. The summed E-state index contributed by atoms with van der Waals surface area (Å²) in [5.74, 6) is -0.296. The molecule has 17 heavy (non-hydrogen) atoms. The van der Waals surface area contributed by atoms with Crippen molar-refractivity contribution < 1.29 is 19.3 Å². The molecule has 0 spiro atoms. The normalized spacial score (nSPS) is 12.4. The van der Waals surface area contributed by atoms with Crippen LogP contribution in [0.25, 0.3) is 0 Å². The first-order valence-corrected chi connectivity index (χ1v) is 5.61. The fraction of sp³-hybridized carbons (Fsp3) is 0.500. The molecule has 1 unspecified atom stereocenters. The van der Waals surface area contributed by atoms with Crippen molar-refractivity contribution in [2.45, 2.75) is 12.5 Å². The van der Waals surface area contributed by atoms with Gasteiger partial charge >= 0.3 is 0 Å². The summed E-state index contributed by atoms with van der Waals surface area (Å²) in [6.07, 6.45) is -0.0609. The molecule has 0 saturated heterocycles. The molecule has 0 saturated carbocycles. The van der Waals surface area contributed by atoms with E-state index in [1.54, 1.807) is 12.1 Å². The fourth-order valence-corrected chi connectivity index (χ4v) is 1.28. The number of aliphatic hydroxyl groups is 2. The maximum absolute atomic E-state index is 13.1. The highest BCUT2D eigenvalue weighted by Crippen LogP contribution is 2.15. The van der Waals surface area contributed by atoms with E-state index in [2.05, 4.69) is 5.32 Å². The van der Waals surface area contributed by atoms with Gasteiger partial charge in [0.15, 0.2) is 11.6 Å². The summed E-state index contributed by atoms with van der Waals surface area (Å²) < 4.78 is 18.3. The van der Waals surface area contributed by atoms with Crippen LogP contribution >= 0.6 is 0 Å². The van der Waals surface area contributed by atoms with Gasteiger partial charge in [-0.1, -0.05) is 12.1 Å². The van der Waals surface area contributed by atoms with Gasteiger partial charge in [0.1, 0.15) is 12.7 Å². The molecule has 5 heteroatoms. The van der Waals surface area contributed by atoms with Crippen molar-refractivity contribution in [2.75, 3.05) is 26.3 Å². The lowest BCUT2D eigenvalue weighted by Gasteiger charge is -2.13. The highest BCUT2D eigenvalue weighted by Gasteiger charge is 2.07. The van der Waals surface area contributed by atoms with Crippen LogP contribution in [-0.4, -0.2) is 42.6 Å². The molecule has 0 bridgehead atoms. The fourth-order valence-electron chi connectivity index (χ4n) is 1.28. The van der Waals surface area contributed by atoms with Crippen molar-refractivity contribution in [3.05, 3.63) is 30.1 Å². The Morgan fingerprint density at radius 2 is 2.12 bits per heavy atom. The lowest BCUT2D eigenvalue weighted by molar-refractivity contribution is 0.104. The Balaban J connectivity index is 2.19. The van der Waals surface area contributed by atoms with E-state index in [0.29, 0.717) is 19.5 Å².